The molecule has 2 aromatic rings. The third-order valence-corrected chi connectivity index (χ3v) is 5.40. The van der Waals surface area contributed by atoms with Crippen LogP contribution in [-0.2, 0) is 0 Å². The van der Waals surface area contributed by atoms with E-state index < -0.39 is 0 Å². The Kier molecular flexibility index (Phi) is 5.57. The van der Waals surface area contributed by atoms with Gasteiger partial charge in [-0.25, -0.2) is 4.39 Å². The molecule has 0 aliphatic heterocycles. The van der Waals surface area contributed by atoms with E-state index in [0.717, 1.165) is 27.5 Å². The summed E-state index contributed by atoms with van der Waals surface area (Å²) in [5, 5.41) is 5.57. The minimum atomic E-state index is -0.227. The maximum Gasteiger partial charge on any atom is 0.124 e. The number of hydrogen-bond donors (Lipinski definition) is 1. The van der Waals surface area contributed by atoms with Crippen molar-refractivity contribution in [3.05, 3.63) is 54.8 Å². The Bertz CT molecular complexity index is 556. The SMILES string of the molecule is CCCNC(c1ccc(F)cc1Br)c1sccc1Br. The average molecular weight is 407 g/mol. The second-order valence-electron chi connectivity index (χ2n) is 4.19. The Morgan fingerprint density at radius 2 is 2.05 bits per heavy atom. The topological polar surface area (TPSA) is 12.0 Å². The zero-order chi connectivity index (χ0) is 13.8. The zero-order valence-electron chi connectivity index (χ0n) is 10.4. The van der Waals surface area contributed by atoms with Crippen LogP contribution in [0.3, 0.4) is 0 Å². The molecule has 1 aromatic heterocycles. The van der Waals surface area contributed by atoms with Crippen molar-refractivity contribution in [1.29, 1.82) is 0 Å². The van der Waals surface area contributed by atoms with Gasteiger partial charge >= 0.3 is 0 Å². The maximum atomic E-state index is 13.2. The van der Waals surface area contributed by atoms with E-state index in [2.05, 4.69) is 49.5 Å². The van der Waals surface area contributed by atoms with Gasteiger partial charge in [-0.05, 0) is 58.0 Å². The first-order chi connectivity index (χ1) is 9.13. The lowest BCUT2D eigenvalue weighted by molar-refractivity contribution is 0.595. The second-order valence-corrected chi connectivity index (χ2v) is 6.84. The molecule has 1 unspecified atom stereocenters. The average Bonchev–Trinajstić information content (AvgIpc) is 2.78. The molecule has 0 fully saturated rings. The monoisotopic (exact) mass is 405 g/mol. The fraction of sp³-hybridized carbons (Fsp3) is 0.286. The van der Waals surface area contributed by atoms with E-state index in [9.17, 15) is 4.39 Å². The van der Waals surface area contributed by atoms with Crippen LogP contribution < -0.4 is 5.32 Å². The highest BCUT2D eigenvalue weighted by molar-refractivity contribution is 9.10. The fourth-order valence-electron chi connectivity index (χ4n) is 1.88. The number of hydrogen-bond acceptors (Lipinski definition) is 2. The van der Waals surface area contributed by atoms with Crippen LogP contribution in [0.4, 0.5) is 4.39 Å². The molecule has 102 valence electrons. The summed E-state index contributed by atoms with van der Waals surface area (Å²) in [5.41, 5.74) is 1.05. The van der Waals surface area contributed by atoms with E-state index in [1.807, 2.05) is 12.1 Å². The second kappa shape index (κ2) is 6.97. The van der Waals surface area contributed by atoms with Crippen molar-refractivity contribution < 1.29 is 4.39 Å². The molecule has 19 heavy (non-hydrogen) atoms. The highest BCUT2D eigenvalue weighted by Crippen LogP contribution is 2.36. The highest BCUT2D eigenvalue weighted by atomic mass is 79.9. The van der Waals surface area contributed by atoms with Crippen molar-refractivity contribution in [3.63, 3.8) is 0 Å². The molecule has 0 aliphatic rings. The minimum absolute atomic E-state index is 0.0734. The van der Waals surface area contributed by atoms with Gasteiger partial charge in [0, 0.05) is 13.8 Å². The van der Waals surface area contributed by atoms with Gasteiger partial charge < -0.3 is 5.32 Å². The van der Waals surface area contributed by atoms with Crippen molar-refractivity contribution in [3.8, 4) is 0 Å². The molecule has 0 aliphatic carbocycles. The Morgan fingerprint density at radius 1 is 1.26 bits per heavy atom. The molecule has 1 heterocycles. The Hall–Kier alpha value is -0.230. The molecule has 2 rings (SSSR count). The summed E-state index contributed by atoms with van der Waals surface area (Å²) >= 11 is 8.73. The summed E-state index contributed by atoms with van der Waals surface area (Å²) < 4.78 is 15.1. The van der Waals surface area contributed by atoms with E-state index >= 15 is 0 Å². The molecule has 5 heteroatoms. The molecule has 1 N–H and O–H groups in total. The number of nitrogens with one attached hydrogen (secondary N) is 1. The van der Waals surface area contributed by atoms with Crippen LogP contribution in [-0.4, -0.2) is 6.54 Å². The first-order valence-electron chi connectivity index (χ1n) is 6.04. The lowest BCUT2D eigenvalue weighted by atomic mass is 10.1. The van der Waals surface area contributed by atoms with Gasteiger partial charge in [0.05, 0.1) is 6.04 Å². The Labute approximate surface area is 133 Å². The molecule has 0 amide bonds. The molecule has 1 nitrogen and oxygen atoms in total. The van der Waals surface area contributed by atoms with Crippen molar-refractivity contribution in [2.24, 2.45) is 0 Å². The van der Waals surface area contributed by atoms with Crippen LogP contribution in [0.2, 0.25) is 0 Å². The Balaban J connectivity index is 2.40. The first-order valence-corrected chi connectivity index (χ1v) is 8.51. The number of halogens is 3. The van der Waals surface area contributed by atoms with E-state index in [0.29, 0.717) is 0 Å². The van der Waals surface area contributed by atoms with Crippen molar-refractivity contribution >= 4 is 43.2 Å². The predicted molar refractivity (Wildman–Crippen MR) is 86.3 cm³/mol. The van der Waals surface area contributed by atoms with Crippen LogP contribution in [0.15, 0.2) is 38.6 Å². The van der Waals surface area contributed by atoms with E-state index in [1.165, 1.54) is 17.0 Å². The number of rotatable bonds is 5. The molecule has 1 atom stereocenters. The van der Waals surface area contributed by atoms with Gasteiger partial charge in [0.15, 0.2) is 0 Å². The summed E-state index contributed by atoms with van der Waals surface area (Å²) in [4.78, 5) is 1.21. The lowest BCUT2D eigenvalue weighted by Gasteiger charge is -2.20. The van der Waals surface area contributed by atoms with Crippen LogP contribution in [0.25, 0.3) is 0 Å². The largest absolute Gasteiger partial charge is 0.306 e. The van der Waals surface area contributed by atoms with Crippen LogP contribution in [0.5, 0.6) is 0 Å². The normalized spacial score (nSPS) is 12.6. The summed E-state index contributed by atoms with van der Waals surface area (Å²) in [6.07, 6.45) is 1.05. The molecular formula is C14H14Br2FNS. The molecule has 0 saturated carbocycles. The van der Waals surface area contributed by atoms with Crippen LogP contribution in [0, 0.1) is 5.82 Å². The van der Waals surface area contributed by atoms with Gasteiger partial charge in [0.1, 0.15) is 5.82 Å². The number of benzene rings is 1. The fourth-order valence-corrected chi connectivity index (χ4v) is 4.15. The maximum absolute atomic E-state index is 13.2. The Morgan fingerprint density at radius 3 is 2.63 bits per heavy atom. The van der Waals surface area contributed by atoms with Gasteiger partial charge in [-0.1, -0.05) is 28.9 Å². The summed E-state index contributed by atoms with van der Waals surface area (Å²) in [6, 6.07) is 6.96. The minimum Gasteiger partial charge on any atom is -0.306 e. The number of thiophene rings is 1. The van der Waals surface area contributed by atoms with Gasteiger partial charge in [-0.3, -0.25) is 0 Å². The smallest absolute Gasteiger partial charge is 0.124 e. The standard InChI is InChI=1S/C14H14Br2FNS/c1-2-6-18-13(14-11(15)5-7-19-14)10-4-3-9(17)8-12(10)16/h3-5,7-8,13,18H,2,6H2,1H3. The van der Waals surface area contributed by atoms with Crippen molar-refractivity contribution in [2.75, 3.05) is 6.54 Å². The molecule has 0 radical (unpaired) electrons. The van der Waals surface area contributed by atoms with Crippen LogP contribution >= 0.6 is 43.2 Å². The van der Waals surface area contributed by atoms with Gasteiger partial charge in [-0.15, -0.1) is 11.3 Å². The first kappa shape index (κ1) is 15.2. The van der Waals surface area contributed by atoms with Crippen molar-refractivity contribution in [2.45, 2.75) is 19.4 Å². The van der Waals surface area contributed by atoms with E-state index in [-0.39, 0.29) is 11.9 Å². The summed E-state index contributed by atoms with van der Waals surface area (Å²) in [6.45, 7) is 3.05. The molecule has 0 bridgehead atoms. The van der Waals surface area contributed by atoms with Gasteiger partial charge in [0.25, 0.3) is 0 Å². The van der Waals surface area contributed by atoms with Crippen molar-refractivity contribution in [1.82, 2.24) is 5.32 Å². The molecule has 1 aromatic carbocycles. The highest BCUT2D eigenvalue weighted by Gasteiger charge is 2.20. The lowest BCUT2D eigenvalue weighted by Crippen LogP contribution is -2.23. The molecular weight excluding hydrogens is 393 g/mol. The molecule has 0 saturated heterocycles. The molecule has 0 spiro atoms. The van der Waals surface area contributed by atoms with E-state index in [1.54, 1.807) is 11.3 Å². The quantitative estimate of drug-likeness (QED) is 0.690. The zero-order valence-corrected chi connectivity index (χ0v) is 14.4. The van der Waals surface area contributed by atoms with Gasteiger partial charge in [0.2, 0.25) is 0 Å². The predicted octanol–water partition coefficient (Wildman–Crippen LogP) is 5.50. The van der Waals surface area contributed by atoms with Crippen LogP contribution in [0.1, 0.15) is 29.8 Å². The third-order valence-electron chi connectivity index (χ3n) is 2.78. The summed E-state index contributed by atoms with van der Waals surface area (Å²) in [5.74, 6) is -0.227. The third kappa shape index (κ3) is 3.66. The van der Waals surface area contributed by atoms with E-state index in [4.69, 9.17) is 0 Å². The summed E-state index contributed by atoms with van der Waals surface area (Å²) in [7, 11) is 0. The van der Waals surface area contributed by atoms with Gasteiger partial charge in [-0.2, -0.15) is 0 Å².